The van der Waals surface area contributed by atoms with E-state index in [-0.39, 0.29) is 29.8 Å². The van der Waals surface area contributed by atoms with E-state index in [0.29, 0.717) is 12.6 Å². The first kappa shape index (κ1) is 24.5. The van der Waals surface area contributed by atoms with E-state index in [1.165, 1.54) is 12.1 Å². The second-order valence-electron chi connectivity index (χ2n) is 7.34. The van der Waals surface area contributed by atoms with Crippen LogP contribution in [0.15, 0.2) is 53.8 Å². The van der Waals surface area contributed by atoms with Crippen LogP contribution in [0.25, 0.3) is 0 Å². The Hall–Kier alpha value is -1.78. The number of aliphatic imine (C=N–C) groups is 1. The predicted octanol–water partition coefficient (Wildman–Crippen LogP) is 3.09. The van der Waals surface area contributed by atoms with Gasteiger partial charge in [-0.2, -0.15) is 0 Å². The van der Waals surface area contributed by atoms with Gasteiger partial charge >= 0.3 is 0 Å². The van der Waals surface area contributed by atoms with Crippen molar-refractivity contribution in [2.24, 2.45) is 4.99 Å². The minimum Gasteiger partial charge on any atom is -0.386 e. The highest BCUT2D eigenvalue weighted by molar-refractivity contribution is 14.0. The molecule has 0 aliphatic carbocycles. The van der Waals surface area contributed by atoms with Gasteiger partial charge in [0.25, 0.3) is 0 Å². The minimum absolute atomic E-state index is 0. The summed E-state index contributed by atoms with van der Waals surface area (Å²) >= 11 is 0. The molecule has 1 atom stereocenters. The number of likely N-dealkylation sites (tertiary alicyclic amines) is 1. The molecular formula is C22H31FIN5O. The van der Waals surface area contributed by atoms with Crippen molar-refractivity contribution in [1.82, 2.24) is 20.5 Å². The van der Waals surface area contributed by atoms with Crippen molar-refractivity contribution < 1.29 is 9.50 Å². The summed E-state index contributed by atoms with van der Waals surface area (Å²) in [5, 5.41) is 17.1. The van der Waals surface area contributed by atoms with Gasteiger partial charge in [0, 0.05) is 44.6 Å². The zero-order valence-corrected chi connectivity index (χ0v) is 19.6. The fourth-order valence-corrected chi connectivity index (χ4v) is 3.47. The van der Waals surface area contributed by atoms with Crippen LogP contribution in [-0.2, 0) is 6.54 Å². The number of nitrogens with zero attached hydrogens (tertiary/aromatic N) is 3. The van der Waals surface area contributed by atoms with Crippen LogP contribution in [0.4, 0.5) is 4.39 Å². The molecule has 1 aliphatic heterocycles. The molecule has 1 unspecified atom stereocenters. The first-order valence-corrected chi connectivity index (χ1v) is 10.2. The van der Waals surface area contributed by atoms with Crippen molar-refractivity contribution in [2.45, 2.75) is 38.5 Å². The van der Waals surface area contributed by atoms with Crippen LogP contribution in [0.1, 0.15) is 37.0 Å². The molecule has 0 amide bonds. The van der Waals surface area contributed by atoms with E-state index >= 15 is 0 Å². The number of aromatic nitrogens is 1. The zero-order chi connectivity index (χ0) is 20.5. The fourth-order valence-electron chi connectivity index (χ4n) is 3.47. The van der Waals surface area contributed by atoms with Gasteiger partial charge in [0.2, 0.25) is 0 Å². The number of rotatable bonds is 7. The van der Waals surface area contributed by atoms with Gasteiger partial charge in [0.15, 0.2) is 5.96 Å². The number of aliphatic hydroxyl groups is 1. The number of guanidine groups is 1. The number of hydrogen-bond acceptors (Lipinski definition) is 4. The van der Waals surface area contributed by atoms with Crippen LogP contribution in [0.5, 0.6) is 0 Å². The Kier molecular flexibility index (Phi) is 10.5. The molecule has 164 valence electrons. The lowest BCUT2D eigenvalue weighted by atomic mass is 10.0. The monoisotopic (exact) mass is 527 g/mol. The molecule has 1 aliphatic rings. The van der Waals surface area contributed by atoms with Crippen LogP contribution in [0, 0.1) is 5.82 Å². The summed E-state index contributed by atoms with van der Waals surface area (Å²) in [5.74, 6) is 0.540. The summed E-state index contributed by atoms with van der Waals surface area (Å²) in [7, 11) is 0. The molecule has 1 saturated heterocycles. The van der Waals surface area contributed by atoms with Gasteiger partial charge in [-0.1, -0.05) is 12.1 Å². The molecule has 2 heterocycles. The first-order valence-electron chi connectivity index (χ1n) is 10.2. The average molecular weight is 527 g/mol. The van der Waals surface area contributed by atoms with Gasteiger partial charge in [-0.15, -0.1) is 24.0 Å². The lowest BCUT2D eigenvalue weighted by Crippen LogP contribution is -2.48. The fraction of sp³-hybridized carbons (Fsp3) is 0.455. The number of aliphatic hydroxyl groups excluding tert-OH is 1. The van der Waals surface area contributed by atoms with E-state index < -0.39 is 6.10 Å². The minimum atomic E-state index is -0.647. The molecule has 30 heavy (non-hydrogen) atoms. The van der Waals surface area contributed by atoms with Crippen LogP contribution in [0.2, 0.25) is 0 Å². The molecule has 3 N–H and O–H groups in total. The Morgan fingerprint density at radius 2 is 1.87 bits per heavy atom. The maximum atomic E-state index is 13.1. The summed E-state index contributed by atoms with van der Waals surface area (Å²) in [4.78, 5) is 10.9. The topological polar surface area (TPSA) is 72.8 Å². The second kappa shape index (κ2) is 12.8. The number of piperidine rings is 1. The molecule has 6 nitrogen and oxygen atoms in total. The zero-order valence-electron chi connectivity index (χ0n) is 17.3. The Labute approximate surface area is 195 Å². The van der Waals surface area contributed by atoms with Gasteiger partial charge in [0.1, 0.15) is 5.82 Å². The molecule has 0 bridgehead atoms. The Bertz CT molecular complexity index is 767. The molecule has 0 saturated carbocycles. The number of pyridine rings is 1. The smallest absolute Gasteiger partial charge is 0.191 e. The van der Waals surface area contributed by atoms with Crippen molar-refractivity contribution in [3.05, 3.63) is 65.7 Å². The first-order chi connectivity index (χ1) is 14.1. The number of benzene rings is 1. The Morgan fingerprint density at radius 1 is 1.20 bits per heavy atom. The highest BCUT2D eigenvalue weighted by atomic mass is 127. The van der Waals surface area contributed by atoms with E-state index in [2.05, 4.69) is 25.5 Å². The maximum Gasteiger partial charge on any atom is 0.191 e. The van der Waals surface area contributed by atoms with E-state index in [4.69, 9.17) is 0 Å². The molecule has 1 aromatic carbocycles. The molecular weight excluding hydrogens is 496 g/mol. The number of nitrogens with one attached hydrogen (secondary N) is 2. The number of halogens is 2. The van der Waals surface area contributed by atoms with E-state index in [1.807, 2.05) is 19.1 Å². The van der Waals surface area contributed by atoms with Crippen LogP contribution < -0.4 is 10.6 Å². The van der Waals surface area contributed by atoms with Crippen LogP contribution in [-0.4, -0.2) is 53.2 Å². The van der Waals surface area contributed by atoms with E-state index in [1.54, 1.807) is 24.5 Å². The summed E-state index contributed by atoms with van der Waals surface area (Å²) in [6, 6.07) is 10.7. The van der Waals surface area contributed by atoms with Crippen LogP contribution >= 0.6 is 24.0 Å². The van der Waals surface area contributed by atoms with Gasteiger partial charge in [-0.05, 0) is 55.2 Å². The molecule has 2 aromatic rings. The third-order valence-corrected chi connectivity index (χ3v) is 5.11. The molecule has 0 radical (unpaired) electrons. The Morgan fingerprint density at radius 3 is 2.50 bits per heavy atom. The van der Waals surface area contributed by atoms with Crippen molar-refractivity contribution >= 4 is 29.9 Å². The summed E-state index contributed by atoms with van der Waals surface area (Å²) in [6.07, 6.45) is 4.72. The van der Waals surface area contributed by atoms with Crippen LogP contribution in [0.3, 0.4) is 0 Å². The van der Waals surface area contributed by atoms with Crippen molar-refractivity contribution in [3.8, 4) is 0 Å². The predicted molar refractivity (Wildman–Crippen MR) is 128 cm³/mol. The Balaban J connectivity index is 0.00000320. The maximum absolute atomic E-state index is 13.1. The normalized spacial score (nSPS) is 16.6. The summed E-state index contributed by atoms with van der Waals surface area (Å²) < 4.78 is 13.1. The molecule has 8 heteroatoms. The van der Waals surface area contributed by atoms with Gasteiger partial charge in [-0.3, -0.25) is 14.9 Å². The quantitative estimate of drug-likeness (QED) is 0.293. The molecule has 1 aromatic heterocycles. The highest BCUT2D eigenvalue weighted by Gasteiger charge is 2.20. The van der Waals surface area contributed by atoms with Crippen molar-refractivity contribution in [2.75, 3.05) is 26.2 Å². The third kappa shape index (κ3) is 7.81. The standard InChI is InChI=1S/C22H30FN5O.HI/c1-2-25-22(26-15-21(29)18-7-11-24-12-8-18)27-20-9-13-28(14-10-20)16-17-3-5-19(23)6-4-17;/h3-8,11-12,20-21,29H,2,9-10,13-16H2,1H3,(H2,25,26,27);1H. The van der Waals surface area contributed by atoms with Gasteiger partial charge in [-0.25, -0.2) is 4.39 Å². The van der Waals surface area contributed by atoms with E-state index in [0.717, 1.165) is 56.1 Å². The summed E-state index contributed by atoms with van der Waals surface area (Å²) in [6.45, 7) is 5.90. The SMILES string of the molecule is CCNC(=NCC(O)c1ccncc1)NC1CCN(Cc2ccc(F)cc2)CC1.I. The number of hydrogen-bond donors (Lipinski definition) is 3. The van der Waals surface area contributed by atoms with Gasteiger partial charge < -0.3 is 15.7 Å². The van der Waals surface area contributed by atoms with Crippen molar-refractivity contribution in [1.29, 1.82) is 0 Å². The second-order valence-corrected chi connectivity index (χ2v) is 7.34. The molecule has 3 rings (SSSR count). The molecule has 0 spiro atoms. The van der Waals surface area contributed by atoms with Crippen molar-refractivity contribution in [3.63, 3.8) is 0 Å². The largest absolute Gasteiger partial charge is 0.386 e. The lowest BCUT2D eigenvalue weighted by Gasteiger charge is -2.33. The average Bonchev–Trinajstić information content (AvgIpc) is 2.75. The van der Waals surface area contributed by atoms with Gasteiger partial charge in [0.05, 0.1) is 12.6 Å². The third-order valence-electron chi connectivity index (χ3n) is 5.11. The summed E-state index contributed by atoms with van der Waals surface area (Å²) in [5.41, 5.74) is 1.95. The highest BCUT2D eigenvalue weighted by Crippen LogP contribution is 2.15. The molecule has 1 fully saturated rings. The van der Waals surface area contributed by atoms with E-state index in [9.17, 15) is 9.50 Å². The lowest BCUT2D eigenvalue weighted by molar-refractivity contribution is 0.186.